The Kier molecular flexibility index (Phi) is 4.47. The molecular formula is C16H15BrN2O4. The van der Waals surface area contributed by atoms with E-state index in [0.717, 1.165) is 17.3 Å². The van der Waals surface area contributed by atoms with Crippen molar-refractivity contribution >= 4 is 27.8 Å². The zero-order chi connectivity index (χ0) is 16.4. The molecule has 1 aromatic heterocycles. The number of carbonyl (C=O) groups excluding carboxylic acids is 2. The number of methoxy groups -OCH3 is 1. The molecule has 0 spiro atoms. The number of rotatable bonds is 5. The first-order chi connectivity index (χ1) is 11.1. The molecule has 120 valence electrons. The Morgan fingerprint density at radius 3 is 2.65 bits per heavy atom. The molecule has 3 rings (SSSR count). The number of halogens is 1. The van der Waals surface area contributed by atoms with Crippen LogP contribution < -0.4 is 0 Å². The van der Waals surface area contributed by atoms with Gasteiger partial charge in [-0.25, -0.2) is 9.78 Å². The Morgan fingerprint density at radius 1 is 1.35 bits per heavy atom. The van der Waals surface area contributed by atoms with Crippen LogP contribution in [-0.4, -0.2) is 34.9 Å². The van der Waals surface area contributed by atoms with Crippen molar-refractivity contribution < 1.29 is 18.7 Å². The van der Waals surface area contributed by atoms with Crippen molar-refractivity contribution in [2.45, 2.75) is 25.4 Å². The number of esters is 1. The van der Waals surface area contributed by atoms with Crippen molar-refractivity contribution in [1.82, 2.24) is 9.88 Å². The van der Waals surface area contributed by atoms with Gasteiger partial charge in [0.25, 0.3) is 5.91 Å². The molecule has 0 aliphatic heterocycles. The summed E-state index contributed by atoms with van der Waals surface area (Å²) in [6.07, 6.45) is 3.18. The van der Waals surface area contributed by atoms with Crippen molar-refractivity contribution in [2.24, 2.45) is 0 Å². The number of hydrogen-bond acceptors (Lipinski definition) is 5. The number of nitrogens with zero attached hydrogens (tertiary/aromatic N) is 2. The molecule has 1 amide bonds. The lowest BCUT2D eigenvalue weighted by atomic mass is 10.2. The second-order valence-electron chi connectivity index (χ2n) is 5.29. The van der Waals surface area contributed by atoms with Gasteiger partial charge in [0.15, 0.2) is 5.69 Å². The predicted octanol–water partition coefficient (Wildman–Crippen LogP) is 3.03. The molecule has 0 unspecified atom stereocenters. The molecule has 1 aliphatic carbocycles. The van der Waals surface area contributed by atoms with Gasteiger partial charge in [-0.2, -0.15) is 0 Å². The van der Waals surface area contributed by atoms with Gasteiger partial charge in [0.1, 0.15) is 6.26 Å². The quantitative estimate of drug-likeness (QED) is 0.747. The van der Waals surface area contributed by atoms with Crippen LogP contribution in [0.15, 0.2) is 39.4 Å². The molecule has 6 nitrogen and oxygen atoms in total. The Bertz CT molecular complexity index is 722. The van der Waals surface area contributed by atoms with Crippen LogP contribution in [0.1, 0.15) is 39.6 Å². The first kappa shape index (κ1) is 15.7. The number of oxazole rings is 1. The van der Waals surface area contributed by atoms with Gasteiger partial charge in [0, 0.05) is 16.1 Å². The maximum Gasteiger partial charge on any atom is 0.360 e. The van der Waals surface area contributed by atoms with Gasteiger partial charge >= 0.3 is 5.97 Å². The Hall–Kier alpha value is -2.15. The molecule has 1 heterocycles. The van der Waals surface area contributed by atoms with E-state index in [2.05, 4.69) is 25.7 Å². The van der Waals surface area contributed by atoms with Crippen molar-refractivity contribution in [3.05, 3.63) is 52.1 Å². The smallest absolute Gasteiger partial charge is 0.360 e. The van der Waals surface area contributed by atoms with Crippen LogP contribution in [0.4, 0.5) is 0 Å². The molecule has 1 saturated carbocycles. The van der Waals surface area contributed by atoms with E-state index in [4.69, 9.17) is 4.42 Å². The number of aromatic nitrogens is 1. The minimum absolute atomic E-state index is 0.0715. The molecule has 0 saturated heterocycles. The van der Waals surface area contributed by atoms with E-state index < -0.39 is 5.97 Å². The van der Waals surface area contributed by atoms with Crippen molar-refractivity contribution in [1.29, 1.82) is 0 Å². The average molecular weight is 379 g/mol. The summed E-state index contributed by atoms with van der Waals surface area (Å²) < 4.78 is 10.8. The summed E-state index contributed by atoms with van der Waals surface area (Å²) in [5, 5.41) is 0. The first-order valence-corrected chi connectivity index (χ1v) is 7.97. The van der Waals surface area contributed by atoms with Crippen molar-refractivity contribution in [2.75, 3.05) is 7.11 Å². The van der Waals surface area contributed by atoms with Gasteiger partial charge in [-0.05, 0) is 37.1 Å². The fourth-order valence-electron chi connectivity index (χ4n) is 2.24. The molecule has 0 bridgehead atoms. The lowest BCUT2D eigenvalue weighted by Gasteiger charge is -2.20. The van der Waals surface area contributed by atoms with E-state index in [1.54, 1.807) is 17.0 Å². The van der Waals surface area contributed by atoms with Crippen LogP contribution in [0.2, 0.25) is 0 Å². The fourth-order valence-corrected chi connectivity index (χ4v) is 2.50. The minimum Gasteiger partial charge on any atom is -0.464 e. The normalized spacial score (nSPS) is 13.7. The largest absolute Gasteiger partial charge is 0.464 e. The minimum atomic E-state index is -0.558. The van der Waals surface area contributed by atoms with Gasteiger partial charge < -0.3 is 14.1 Å². The van der Waals surface area contributed by atoms with Gasteiger partial charge in [0.05, 0.1) is 13.7 Å². The first-order valence-electron chi connectivity index (χ1n) is 7.17. The number of carbonyl (C=O) groups is 2. The molecule has 1 aromatic carbocycles. The zero-order valence-corrected chi connectivity index (χ0v) is 14.1. The van der Waals surface area contributed by atoms with E-state index >= 15 is 0 Å². The molecule has 23 heavy (non-hydrogen) atoms. The predicted molar refractivity (Wildman–Crippen MR) is 84.9 cm³/mol. The topological polar surface area (TPSA) is 72.6 Å². The van der Waals surface area contributed by atoms with E-state index in [1.807, 2.05) is 12.1 Å². The number of benzene rings is 1. The zero-order valence-electron chi connectivity index (χ0n) is 12.5. The fraction of sp³-hybridized carbons (Fsp3) is 0.312. The molecular weight excluding hydrogens is 364 g/mol. The van der Waals surface area contributed by atoms with Gasteiger partial charge in [-0.3, -0.25) is 4.79 Å². The molecule has 1 aliphatic rings. The van der Waals surface area contributed by atoms with Crippen molar-refractivity contribution in [3.8, 4) is 0 Å². The highest BCUT2D eigenvalue weighted by atomic mass is 79.9. The molecule has 0 N–H and O–H groups in total. The van der Waals surface area contributed by atoms with E-state index in [-0.39, 0.29) is 24.2 Å². The third-order valence-corrected chi connectivity index (χ3v) is 4.12. The van der Waals surface area contributed by atoms with Crippen LogP contribution >= 0.6 is 15.9 Å². The molecule has 7 heteroatoms. The van der Waals surface area contributed by atoms with Gasteiger partial charge in [0.2, 0.25) is 5.89 Å². The highest BCUT2D eigenvalue weighted by molar-refractivity contribution is 9.10. The van der Waals surface area contributed by atoms with Crippen LogP contribution in [-0.2, 0) is 11.3 Å². The van der Waals surface area contributed by atoms with Crippen LogP contribution in [0.5, 0.6) is 0 Å². The third kappa shape index (κ3) is 3.61. The number of hydrogen-bond donors (Lipinski definition) is 0. The highest BCUT2D eigenvalue weighted by Crippen LogP contribution is 2.30. The third-order valence-electron chi connectivity index (χ3n) is 3.59. The van der Waals surface area contributed by atoms with Gasteiger partial charge in [-0.15, -0.1) is 0 Å². The molecule has 0 atom stereocenters. The SMILES string of the molecule is COC(=O)c1coc(CN(C(=O)c2ccc(Br)cc2)C2CC2)n1. The van der Waals surface area contributed by atoms with Gasteiger partial charge in [-0.1, -0.05) is 15.9 Å². The highest BCUT2D eigenvalue weighted by Gasteiger charge is 2.34. The summed E-state index contributed by atoms with van der Waals surface area (Å²) in [6, 6.07) is 7.41. The summed E-state index contributed by atoms with van der Waals surface area (Å²) in [5.74, 6) is -0.308. The standard InChI is InChI=1S/C16H15BrN2O4/c1-22-16(21)13-9-23-14(18-13)8-19(12-6-7-12)15(20)10-2-4-11(17)5-3-10/h2-5,9,12H,6-8H2,1H3. The lowest BCUT2D eigenvalue weighted by molar-refractivity contribution is 0.0594. The monoisotopic (exact) mass is 378 g/mol. The number of amides is 1. The summed E-state index contributed by atoms with van der Waals surface area (Å²) in [7, 11) is 1.28. The van der Waals surface area contributed by atoms with E-state index in [1.165, 1.54) is 13.4 Å². The van der Waals surface area contributed by atoms with Crippen LogP contribution in [0.25, 0.3) is 0 Å². The maximum atomic E-state index is 12.7. The van der Waals surface area contributed by atoms with Crippen LogP contribution in [0, 0.1) is 0 Å². The number of ether oxygens (including phenoxy) is 1. The molecule has 1 fully saturated rings. The maximum absolute atomic E-state index is 12.7. The summed E-state index contributed by atoms with van der Waals surface area (Å²) >= 11 is 3.36. The summed E-state index contributed by atoms with van der Waals surface area (Å²) in [5.41, 5.74) is 0.717. The van der Waals surface area contributed by atoms with Crippen molar-refractivity contribution in [3.63, 3.8) is 0 Å². The summed E-state index contributed by atoms with van der Waals surface area (Å²) in [6.45, 7) is 0.233. The van der Waals surface area contributed by atoms with E-state index in [9.17, 15) is 9.59 Å². The second kappa shape index (κ2) is 6.54. The lowest BCUT2D eigenvalue weighted by Crippen LogP contribution is -2.32. The summed E-state index contributed by atoms with van der Waals surface area (Å²) in [4.78, 5) is 29.9. The second-order valence-corrected chi connectivity index (χ2v) is 6.20. The van der Waals surface area contributed by atoms with E-state index in [0.29, 0.717) is 11.5 Å². The molecule has 0 radical (unpaired) electrons. The average Bonchev–Trinajstić information content (AvgIpc) is 3.30. The van der Waals surface area contributed by atoms with Crippen LogP contribution in [0.3, 0.4) is 0 Å². The Labute approximate surface area is 141 Å². The Morgan fingerprint density at radius 2 is 2.04 bits per heavy atom. The Balaban J connectivity index is 1.77. The molecule has 2 aromatic rings.